The Balaban J connectivity index is 2.26. The molecule has 21 heavy (non-hydrogen) atoms. The van der Waals surface area contributed by atoms with E-state index in [9.17, 15) is 9.59 Å². The van der Waals surface area contributed by atoms with Crippen LogP contribution in [-0.4, -0.2) is 70.1 Å². The fourth-order valence-electron chi connectivity index (χ4n) is 2.01. The van der Waals surface area contributed by atoms with Crippen molar-refractivity contribution >= 4 is 17.4 Å². The van der Waals surface area contributed by atoms with E-state index < -0.39 is 5.97 Å². The van der Waals surface area contributed by atoms with Gasteiger partial charge in [0, 0.05) is 19.3 Å². The summed E-state index contributed by atoms with van der Waals surface area (Å²) in [5.41, 5.74) is 1.08. The van der Waals surface area contributed by atoms with E-state index in [1.807, 2.05) is 31.1 Å². The van der Waals surface area contributed by atoms with E-state index in [2.05, 4.69) is 5.10 Å². The minimum atomic E-state index is -1.03. The summed E-state index contributed by atoms with van der Waals surface area (Å²) in [6.45, 7) is 0.622. The molecule has 112 valence electrons. The lowest BCUT2D eigenvalue weighted by Crippen LogP contribution is -2.40. The minimum Gasteiger partial charge on any atom is -0.480 e. The lowest BCUT2D eigenvalue weighted by atomic mass is 10.2. The molecule has 0 aromatic carbocycles. The Morgan fingerprint density at radius 1 is 1.29 bits per heavy atom. The number of carbonyl (C=O) groups excluding carboxylic acids is 1. The summed E-state index contributed by atoms with van der Waals surface area (Å²) in [4.78, 5) is 26.7. The molecule has 0 fully saturated rings. The van der Waals surface area contributed by atoms with E-state index in [1.165, 1.54) is 11.1 Å². The first-order valence-electron chi connectivity index (χ1n) is 6.57. The Kier molecular flexibility index (Phi) is 4.54. The maximum atomic E-state index is 12.6. The van der Waals surface area contributed by atoms with Crippen LogP contribution in [0.3, 0.4) is 0 Å². The average molecular weight is 290 g/mol. The molecule has 0 spiro atoms. The molecule has 2 rings (SSSR count). The first-order chi connectivity index (χ1) is 9.99. The quantitative estimate of drug-likeness (QED) is 0.834. The second-order valence-electron chi connectivity index (χ2n) is 5.01. The third-order valence-corrected chi connectivity index (χ3v) is 3.09. The number of amides is 1. The molecule has 2 aromatic heterocycles. The van der Waals surface area contributed by atoms with E-state index in [0.29, 0.717) is 24.2 Å². The highest BCUT2D eigenvalue weighted by atomic mass is 16.4. The normalized spacial score (nSPS) is 11.0. The number of rotatable bonds is 6. The first-order valence-corrected chi connectivity index (χ1v) is 6.57. The van der Waals surface area contributed by atoms with Crippen molar-refractivity contribution in [3.63, 3.8) is 0 Å². The third kappa shape index (κ3) is 3.57. The van der Waals surface area contributed by atoms with Gasteiger partial charge in [0.15, 0.2) is 0 Å². The molecule has 0 radical (unpaired) electrons. The summed E-state index contributed by atoms with van der Waals surface area (Å²) in [5, 5.41) is 13.1. The van der Waals surface area contributed by atoms with Crippen molar-refractivity contribution < 1.29 is 14.7 Å². The highest BCUT2D eigenvalue weighted by Gasteiger charge is 2.21. The van der Waals surface area contributed by atoms with Crippen molar-refractivity contribution in [3.05, 3.63) is 36.2 Å². The summed E-state index contributed by atoms with van der Waals surface area (Å²) < 4.78 is 1.60. The lowest BCUT2D eigenvalue weighted by molar-refractivity contribution is -0.137. The minimum absolute atomic E-state index is 0.319. The lowest BCUT2D eigenvalue weighted by Gasteiger charge is -2.22. The molecule has 2 heterocycles. The highest BCUT2D eigenvalue weighted by molar-refractivity contribution is 6.01. The van der Waals surface area contributed by atoms with E-state index >= 15 is 0 Å². The highest BCUT2D eigenvalue weighted by Crippen LogP contribution is 2.12. The Hall–Kier alpha value is -2.41. The molecule has 0 bridgehead atoms. The molecule has 0 aliphatic heterocycles. The van der Waals surface area contributed by atoms with Crippen LogP contribution in [-0.2, 0) is 4.79 Å². The van der Waals surface area contributed by atoms with Crippen LogP contribution in [0.1, 0.15) is 10.4 Å². The number of carbonyl (C=O) groups is 2. The van der Waals surface area contributed by atoms with Gasteiger partial charge in [0.2, 0.25) is 0 Å². The van der Waals surface area contributed by atoms with Crippen molar-refractivity contribution in [3.8, 4) is 0 Å². The topological polar surface area (TPSA) is 78.2 Å². The van der Waals surface area contributed by atoms with Crippen LogP contribution in [0.4, 0.5) is 0 Å². The zero-order valence-electron chi connectivity index (χ0n) is 12.1. The SMILES string of the molecule is CN(C)CCN(CC(=O)O)C(=O)c1cnn2ccccc12. The fraction of sp³-hybridized carbons (Fsp3) is 0.357. The number of aromatic nitrogens is 2. The van der Waals surface area contributed by atoms with Crippen LogP contribution in [0.25, 0.3) is 5.52 Å². The number of fused-ring (bicyclic) bond motifs is 1. The van der Waals surface area contributed by atoms with Crippen molar-refractivity contribution in [2.45, 2.75) is 0 Å². The van der Waals surface area contributed by atoms with Crippen molar-refractivity contribution in [2.75, 3.05) is 33.7 Å². The van der Waals surface area contributed by atoms with Gasteiger partial charge in [-0.05, 0) is 26.2 Å². The predicted octanol–water partition coefficient (Wildman–Crippen LogP) is 0.423. The molecule has 0 atom stereocenters. The van der Waals surface area contributed by atoms with Gasteiger partial charge in [-0.3, -0.25) is 9.59 Å². The van der Waals surface area contributed by atoms with Gasteiger partial charge in [0.1, 0.15) is 6.54 Å². The number of aliphatic carboxylic acids is 1. The van der Waals surface area contributed by atoms with Crippen molar-refractivity contribution in [1.82, 2.24) is 19.4 Å². The smallest absolute Gasteiger partial charge is 0.323 e. The second-order valence-corrected chi connectivity index (χ2v) is 5.01. The summed E-state index contributed by atoms with van der Waals surface area (Å²) in [5.74, 6) is -1.35. The van der Waals surface area contributed by atoms with Crippen LogP contribution in [0.5, 0.6) is 0 Å². The monoisotopic (exact) mass is 290 g/mol. The van der Waals surface area contributed by atoms with Crippen LogP contribution >= 0.6 is 0 Å². The fourth-order valence-corrected chi connectivity index (χ4v) is 2.01. The Bertz CT molecular complexity index is 650. The van der Waals surface area contributed by atoms with Crippen molar-refractivity contribution in [2.24, 2.45) is 0 Å². The number of hydrogen-bond acceptors (Lipinski definition) is 4. The van der Waals surface area contributed by atoms with Crippen LogP contribution < -0.4 is 0 Å². The second kappa shape index (κ2) is 6.36. The maximum absolute atomic E-state index is 12.6. The molecule has 7 heteroatoms. The number of hydrogen-bond donors (Lipinski definition) is 1. The predicted molar refractivity (Wildman–Crippen MR) is 77.3 cm³/mol. The standard InChI is InChI=1S/C14H18N4O3/c1-16(2)7-8-17(10-13(19)20)14(21)11-9-15-18-6-4-3-5-12(11)18/h3-6,9H,7-8,10H2,1-2H3,(H,19,20). The van der Waals surface area contributed by atoms with Gasteiger partial charge in [-0.25, -0.2) is 4.52 Å². The van der Waals surface area contributed by atoms with Gasteiger partial charge in [0.05, 0.1) is 17.3 Å². The largest absolute Gasteiger partial charge is 0.480 e. The van der Waals surface area contributed by atoms with Gasteiger partial charge in [0.25, 0.3) is 5.91 Å². The van der Waals surface area contributed by atoms with Gasteiger partial charge in [-0.15, -0.1) is 0 Å². The van der Waals surface area contributed by atoms with Gasteiger partial charge in [-0.1, -0.05) is 6.07 Å². The molecule has 0 aliphatic carbocycles. The van der Waals surface area contributed by atoms with Gasteiger partial charge < -0.3 is 14.9 Å². The number of carboxylic acid groups (broad SMARTS) is 1. The van der Waals surface area contributed by atoms with E-state index in [-0.39, 0.29) is 12.5 Å². The Morgan fingerprint density at radius 2 is 2.05 bits per heavy atom. The Labute approximate surface area is 122 Å². The number of pyridine rings is 1. The summed E-state index contributed by atoms with van der Waals surface area (Å²) in [7, 11) is 3.75. The molecular formula is C14H18N4O3. The number of carboxylic acids is 1. The Morgan fingerprint density at radius 3 is 2.71 bits per heavy atom. The van der Waals surface area contributed by atoms with E-state index in [1.54, 1.807) is 16.8 Å². The van der Waals surface area contributed by atoms with Crippen LogP contribution in [0, 0.1) is 0 Å². The molecule has 0 saturated carbocycles. The molecular weight excluding hydrogens is 272 g/mol. The summed E-state index contributed by atoms with van der Waals surface area (Å²) >= 11 is 0. The molecule has 2 aromatic rings. The maximum Gasteiger partial charge on any atom is 0.323 e. The summed E-state index contributed by atoms with van der Waals surface area (Å²) in [6.07, 6.45) is 3.22. The molecule has 0 aliphatic rings. The molecule has 1 amide bonds. The van der Waals surface area contributed by atoms with E-state index in [4.69, 9.17) is 5.11 Å². The third-order valence-electron chi connectivity index (χ3n) is 3.09. The number of likely N-dealkylation sites (N-methyl/N-ethyl adjacent to an activating group) is 1. The van der Waals surface area contributed by atoms with Gasteiger partial charge in [-0.2, -0.15) is 5.10 Å². The molecule has 0 saturated heterocycles. The van der Waals surface area contributed by atoms with E-state index in [0.717, 1.165) is 0 Å². The van der Waals surface area contributed by atoms with Gasteiger partial charge >= 0.3 is 5.97 Å². The van der Waals surface area contributed by atoms with Crippen molar-refractivity contribution in [1.29, 1.82) is 0 Å². The summed E-state index contributed by atoms with van der Waals surface area (Å²) in [6, 6.07) is 5.41. The number of nitrogens with zero attached hydrogens (tertiary/aromatic N) is 4. The first kappa shape index (κ1) is 15.0. The average Bonchev–Trinajstić information content (AvgIpc) is 2.86. The molecule has 1 N–H and O–H groups in total. The zero-order chi connectivity index (χ0) is 15.4. The van der Waals surface area contributed by atoms with Crippen LogP contribution in [0.15, 0.2) is 30.6 Å². The molecule has 0 unspecified atom stereocenters. The molecule has 7 nitrogen and oxygen atoms in total. The van der Waals surface area contributed by atoms with Crippen LogP contribution in [0.2, 0.25) is 0 Å². The zero-order valence-corrected chi connectivity index (χ0v) is 12.1.